The molecular weight excluding hydrogens is 578 g/mol. The van der Waals surface area contributed by atoms with Gasteiger partial charge in [0.05, 0.1) is 26.6 Å². The molecule has 2 saturated carbocycles. The van der Waals surface area contributed by atoms with Crippen LogP contribution in [0.5, 0.6) is 11.5 Å². The summed E-state index contributed by atoms with van der Waals surface area (Å²) >= 11 is 0. The van der Waals surface area contributed by atoms with Crippen molar-refractivity contribution in [3.05, 3.63) is 59.7 Å². The molecule has 0 amide bonds. The van der Waals surface area contributed by atoms with Crippen LogP contribution in [0.2, 0.25) is 0 Å². The standard InChI is InChI=1S/C41H60F2O3/c42-29-5-9-35-21-25-40(26-22-35)45-31-37-17-13-33(14-18-37)7-1-3-11-39(44)12-4-2-8-34-15-19-38(20-16-34)32-46-41-27-23-36(24-28-41)10-6-30-43/h21-28,33-34,37-38H,1-20,29-32H2. The third-order valence-corrected chi connectivity index (χ3v) is 10.6. The molecule has 46 heavy (non-hydrogen) atoms. The van der Waals surface area contributed by atoms with Gasteiger partial charge in [-0.2, -0.15) is 0 Å². The van der Waals surface area contributed by atoms with Crippen LogP contribution in [0.3, 0.4) is 0 Å². The van der Waals surface area contributed by atoms with Gasteiger partial charge in [-0.25, -0.2) is 0 Å². The van der Waals surface area contributed by atoms with Gasteiger partial charge in [-0.05, 0) is 123 Å². The average Bonchev–Trinajstić information content (AvgIpc) is 3.10. The quantitative estimate of drug-likeness (QED) is 0.120. The predicted octanol–water partition coefficient (Wildman–Crippen LogP) is 11.3. The highest BCUT2D eigenvalue weighted by molar-refractivity contribution is 5.78. The smallest absolute Gasteiger partial charge is 0.132 e. The van der Waals surface area contributed by atoms with Crippen LogP contribution in [0, 0.1) is 23.7 Å². The molecule has 0 atom stereocenters. The summed E-state index contributed by atoms with van der Waals surface area (Å²) in [5.74, 6) is 5.22. The van der Waals surface area contributed by atoms with E-state index < -0.39 is 0 Å². The molecule has 0 radical (unpaired) electrons. The Bertz CT molecular complexity index is 984. The Morgan fingerprint density at radius 1 is 0.522 bits per heavy atom. The number of alkyl halides is 2. The molecule has 4 rings (SSSR count). The first-order valence-electron chi connectivity index (χ1n) is 18.7. The molecule has 2 fully saturated rings. The van der Waals surface area contributed by atoms with Crippen molar-refractivity contribution in [2.75, 3.05) is 26.6 Å². The molecule has 0 heterocycles. The van der Waals surface area contributed by atoms with Crippen molar-refractivity contribution in [3.8, 4) is 11.5 Å². The van der Waals surface area contributed by atoms with Crippen molar-refractivity contribution in [1.29, 1.82) is 0 Å². The summed E-state index contributed by atoms with van der Waals surface area (Å²) in [5.41, 5.74) is 2.35. The van der Waals surface area contributed by atoms with Crippen molar-refractivity contribution < 1.29 is 23.0 Å². The second kappa shape index (κ2) is 21.4. The fourth-order valence-corrected chi connectivity index (χ4v) is 7.48. The van der Waals surface area contributed by atoms with Gasteiger partial charge < -0.3 is 9.47 Å². The molecule has 0 spiro atoms. The molecule has 0 N–H and O–H groups in total. The van der Waals surface area contributed by atoms with Crippen molar-refractivity contribution in [2.45, 2.75) is 128 Å². The van der Waals surface area contributed by atoms with Crippen molar-refractivity contribution in [1.82, 2.24) is 0 Å². The lowest BCUT2D eigenvalue weighted by Crippen LogP contribution is -2.20. The molecule has 0 aliphatic heterocycles. The van der Waals surface area contributed by atoms with E-state index in [4.69, 9.17) is 9.47 Å². The Labute approximate surface area is 278 Å². The Morgan fingerprint density at radius 3 is 1.26 bits per heavy atom. The lowest BCUT2D eigenvalue weighted by molar-refractivity contribution is -0.119. The van der Waals surface area contributed by atoms with Gasteiger partial charge in [-0.1, -0.05) is 75.6 Å². The second-order valence-electron chi connectivity index (χ2n) is 14.3. The van der Waals surface area contributed by atoms with E-state index in [0.29, 0.717) is 30.5 Å². The van der Waals surface area contributed by atoms with E-state index in [9.17, 15) is 13.6 Å². The number of carbonyl (C=O) groups is 1. The highest BCUT2D eigenvalue weighted by Gasteiger charge is 2.23. The number of Topliss-reactive ketones (excluding diaryl/α,β-unsaturated/α-hetero) is 1. The van der Waals surface area contributed by atoms with E-state index >= 15 is 0 Å². The van der Waals surface area contributed by atoms with E-state index in [-0.39, 0.29) is 13.3 Å². The van der Waals surface area contributed by atoms with Gasteiger partial charge in [-0.3, -0.25) is 13.6 Å². The summed E-state index contributed by atoms with van der Waals surface area (Å²) in [6.45, 7) is 1.07. The average molecular weight is 639 g/mol. The molecule has 0 aromatic heterocycles. The number of ketones is 1. The number of unbranched alkanes of at least 4 members (excludes halogenated alkanes) is 2. The Hall–Kier alpha value is -2.43. The summed E-state index contributed by atoms with van der Waals surface area (Å²) in [7, 11) is 0. The number of ether oxygens (including phenoxy) is 2. The number of halogens is 2. The zero-order valence-electron chi connectivity index (χ0n) is 28.4. The first kappa shape index (κ1) is 36.4. The maximum atomic E-state index is 12.5. The largest absolute Gasteiger partial charge is 0.493 e. The highest BCUT2D eigenvalue weighted by Crippen LogP contribution is 2.34. The second-order valence-corrected chi connectivity index (χ2v) is 14.3. The van der Waals surface area contributed by atoms with E-state index in [1.807, 2.05) is 24.3 Å². The van der Waals surface area contributed by atoms with Crippen LogP contribution >= 0.6 is 0 Å². The van der Waals surface area contributed by atoms with Gasteiger partial charge >= 0.3 is 0 Å². The highest BCUT2D eigenvalue weighted by atomic mass is 19.1. The van der Waals surface area contributed by atoms with E-state index in [1.54, 1.807) is 0 Å². The van der Waals surface area contributed by atoms with Crippen LogP contribution in [0.15, 0.2) is 48.5 Å². The lowest BCUT2D eigenvalue weighted by atomic mass is 9.80. The SMILES string of the molecule is O=C(CCCCC1CCC(COc2ccc(CCCF)cc2)CC1)CCCCC1CCC(COc2ccc(CCCF)cc2)CC1. The van der Waals surface area contributed by atoms with Gasteiger partial charge in [0, 0.05) is 12.8 Å². The number of aryl methyl sites for hydroxylation is 2. The fraction of sp³-hybridized carbons (Fsp3) is 0.683. The fourth-order valence-electron chi connectivity index (χ4n) is 7.48. The van der Waals surface area contributed by atoms with Crippen LogP contribution in [-0.2, 0) is 17.6 Å². The molecule has 2 aromatic rings. The van der Waals surface area contributed by atoms with Gasteiger partial charge in [0.15, 0.2) is 0 Å². The maximum absolute atomic E-state index is 12.5. The van der Waals surface area contributed by atoms with Crippen molar-refractivity contribution >= 4 is 5.78 Å². The van der Waals surface area contributed by atoms with Crippen LogP contribution in [0.25, 0.3) is 0 Å². The maximum Gasteiger partial charge on any atom is 0.132 e. The molecule has 2 aliphatic carbocycles. The topological polar surface area (TPSA) is 35.5 Å². The van der Waals surface area contributed by atoms with Crippen molar-refractivity contribution in [3.63, 3.8) is 0 Å². The van der Waals surface area contributed by atoms with Crippen LogP contribution in [0.1, 0.15) is 127 Å². The molecule has 0 unspecified atom stereocenters. The molecule has 0 bridgehead atoms. The minimum atomic E-state index is -0.260. The Balaban J connectivity index is 0.944. The van der Waals surface area contributed by atoms with Crippen molar-refractivity contribution in [2.24, 2.45) is 23.7 Å². The van der Waals surface area contributed by atoms with Gasteiger partial charge in [0.1, 0.15) is 17.3 Å². The van der Waals surface area contributed by atoms with Crippen LogP contribution in [0.4, 0.5) is 8.78 Å². The molecule has 0 saturated heterocycles. The number of hydrogen-bond acceptors (Lipinski definition) is 3. The van der Waals surface area contributed by atoms with Gasteiger partial charge in [0.25, 0.3) is 0 Å². The van der Waals surface area contributed by atoms with Gasteiger partial charge in [0.2, 0.25) is 0 Å². The summed E-state index contributed by atoms with van der Waals surface area (Å²) in [4.78, 5) is 12.5. The Morgan fingerprint density at radius 2 is 0.891 bits per heavy atom. The predicted molar refractivity (Wildman–Crippen MR) is 185 cm³/mol. The van der Waals surface area contributed by atoms with Gasteiger partial charge in [-0.15, -0.1) is 0 Å². The first-order valence-corrected chi connectivity index (χ1v) is 18.7. The molecule has 2 aliphatic rings. The molecular formula is C41H60F2O3. The van der Waals surface area contributed by atoms with E-state index in [0.717, 1.165) is 75.1 Å². The molecule has 2 aromatic carbocycles. The number of hydrogen-bond donors (Lipinski definition) is 0. The molecule has 5 heteroatoms. The monoisotopic (exact) mass is 638 g/mol. The number of carbonyl (C=O) groups excluding carboxylic acids is 1. The third kappa shape index (κ3) is 14.1. The Kier molecular flexibility index (Phi) is 17.0. The van der Waals surface area contributed by atoms with Crippen LogP contribution < -0.4 is 9.47 Å². The first-order chi connectivity index (χ1) is 22.6. The van der Waals surface area contributed by atoms with E-state index in [2.05, 4.69) is 24.3 Å². The summed E-state index contributed by atoms with van der Waals surface area (Å²) in [6, 6.07) is 16.3. The summed E-state index contributed by atoms with van der Waals surface area (Å²) in [5, 5.41) is 0. The molecule has 3 nitrogen and oxygen atoms in total. The van der Waals surface area contributed by atoms with E-state index in [1.165, 1.54) is 88.2 Å². The summed E-state index contributed by atoms with van der Waals surface area (Å²) in [6.07, 6.45) is 21.4. The summed E-state index contributed by atoms with van der Waals surface area (Å²) < 4.78 is 36.8. The minimum Gasteiger partial charge on any atom is -0.493 e. The third-order valence-electron chi connectivity index (χ3n) is 10.6. The zero-order valence-corrected chi connectivity index (χ0v) is 28.4. The normalized spacial score (nSPS) is 21.6. The lowest BCUT2D eigenvalue weighted by Gasteiger charge is -2.28. The molecule has 256 valence electrons. The number of rotatable bonds is 22. The van der Waals surface area contributed by atoms with Crippen LogP contribution in [-0.4, -0.2) is 32.3 Å². The zero-order chi connectivity index (χ0) is 32.2. The minimum absolute atomic E-state index is 0.260. The number of benzene rings is 2.